The lowest BCUT2D eigenvalue weighted by Gasteiger charge is -2.03. The summed E-state index contributed by atoms with van der Waals surface area (Å²) < 4.78 is 1.95. The van der Waals surface area contributed by atoms with Gasteiger partial charge in [-0.2, -0.15) is 0 Å². The SMILES string of the molecule is Cc1cc[n+](CCC(=O)Nc2sc(C)cc2C(N)=O)cc1. The molecule has 0 saturated carbocycles. The minimum atomic E-state index is -0.525. The first kappa shape index (κ1) is 15.2. The Hall–Kier alpha value is -2.21. The predicted molar refractivity (Wildman–Crippen MR) is 82.2 cm³/mol. The topological polar surface area (TPSA) is 76.1 Å². The van der Waals surface area contributed by atoms with Gasteiger partial charge in [0.15, 0.2) is 18.9 Å². The van der Waals surface area contributed by atoms with Gasteiger partial charge in [0, 0.05) is 17.0 Å². The Labute approximate surface area is 127 Å². The molecule has 21 heavy (non-hydrogen) atoms. The first-order valence-corrected chi connectivity index (χ1v) is 7.43. The fraction of sp³-hybridized carbons (Fsp3) is 0.267. The van der Waals surface area contributed by atoms with E-state index >= 15 is 0 Å². The molecule has 2 aromatic rings. The van der Waals surface area contributed by atoms with Crippen molar-refractivity contribution < 1.29 is 14.2 Å². The lowest BCUT2D eigenvalue weighted by Crippen LogP contribution is -2.34. The van der Waals surface area contributed by atoms with Gasteiger partial charge in [0.05, 0.1) is 12.0 Å². The van der Waals surface area contributed by atoms with E-state index in [1.165, 1.54) is 16.9 Å². The Morgan fingerprint density at radius 3 is 2.57 bits per heavy atom. The molecule has 0 radical (unpaired) electrons. The number of primary amides is 1. The van der Waals surface area contributed by atoms with Gasteiger partial charge in [-0.1, -0.05) is 0 Å². The molecule has 0 spiro atoms. The summed E-state index contributed by atoms with van der Waals surface area (Å²) in [5.41, 5.74) is 6.84. The number of nitrogens with one attached hydrogen (secondary N) is 1. The number of aryl methyl sites for hydroxylation is 3. The average molecular weight is 304 g/mol. The van der Waals surface area contributed by atoms with Crippen molar-refractivity contribution in [3.8, 4) is 0 Å². The summed E-state index contributed by atoms with van der Waals surface area (Å²) in [7, 11) is 0. The van der Waals surface area contributed by atoms with E-state index in [4.69, 9.17) is 5.73 Å². The van der Waals surface area contributed by atoms with Crippen LogP contribution in [0.3, 0.4) is 0 Å². The van der Waals surface area contributed by atoms with Crippen molar-refractivity contribution in [2.24, 2.45) is 5.73 Å². The van der Waals surface area contributed by atoms with Crippen LogP contribution in [0.2, 0.25) is 0 Å². The van der Waals surface area contributed by atoms with Crippen LogP contribution in [-0.2, 0) is 11.3 Å². The molecule has 5 nitrogen and oxygen atoms in total. The van der Waals surface area contributed by atoms with Crippen molar-refractivity contribution in [1.82, 2.24) is 0 Å². The molecule has 2 heterocycles. The van der Waals surface area contributed by atoms with E-state index in [9.17, 15) is 9.59 Å². The zero-order valence-electron chi connectivity index (χ0n) is 12.1. The van der Waals surface area contributed by atoms with Crippen LogP contribution < -0.4 is 15.6 Å². The first-order chi connectivity index (χ1) is 9.95. The van der Waals surface area contributed by atoms with Crippen molar-refractivity contribution >= 4 is 28.2 Å². The predicted octanol–water partition coefficient (Wildman–Crippen LogP) is 1.78. The second-order valence-corrected chi connectivity index (χ2v) is 6.13. The highest BCUT2D eigenvalue weighted by atomic mass is 32.1. The van der Waals surface area contributed by atoms with E-state index in [1.54, 1.807) is 6.07 Å². The van der Waals surface area contributed by atoms with Crippen LogP contribution in [-0.4, -0.2) is 11.8 Å². The standard InChI is InChI=1S/C15H17N3O2S/c1-10-3-6-18(7-4-10)8-5-13(19)17-15-12(14(16)20)9-11(2)21-15/h3-4,6-7,9H,5,8H2,1-2H3,(H2-,16,17,19,20)/p+1. The maximum absolute atomic E-state index is 12.0. The molecule has 2 amide bonds. The molecule has 0 aromatic carbocycles. The fourth-order valence-electron chi connectivity index (χ4n) is 1.89. The van der Waals surface area contributed by atoms with Gasteiger partial charge in [-0.05, 0) is 25.5 Å². The van der Waals surface area contributed by atoms with Crippen molar-refractivity contribution in [2.45, 2.75) is 26.8 Å². The van der Waals surface area contributed by atoms with Crippen LogP contribution in [0, 0.1) is 13.8 Å². The molecular formula is C15H18N3O2S+. The van der Waals surface area contributed by atoms with Crippen LogP contribution >= 0.6 is 11.3 Å². The number of anilines is 1. The van der Waals surface area contributed by atoms with Gasteiger partial charge < -0.3 is 11.1 Å². The summed E-state index contributed by atoms with van der Waals surface area (Å²) in [6, 6.07) is 5.68. The maximum Gasteiger partial charge on any atom is 0.251 e. The smallest absolute Gasteiger partial charge is 0.251 e. The molecule has 0 bridgehead atoms. The third-order valence-corrected chi connectivity index (χ3v) is 3.99. The summed E-state index contributed by atoms with van der Waals surface area (Å²) in [5.74, 6) is -0.657. The van der Waals surface area contributed by atoms with Crippen LogP contribution in [0.15, 0.2) is 30.6 Å². The Morgan fingerprint density at radius 1 is 1.29 bits per heavy atom. The van der Waals surface area contributed by atoms with Crippen molar-refractivity contribution in [3.05, 3.63) is 46.6 Å². The van der Waals surface area contributed by atoms with Crippen LogP contribution in [0.5, 0.6) is 0 Å². The van der Waals surface area contributed by atoms with Crippen LogP contribution in [0.1, 0.15) is 27.2 Å². The minimum absolute atomic E-state index is 0.132. The summed E-state index contributed by atoms with van der Waals surface area (Å²) in [4.78, 5) is 24.2. The van der Waals surface area contributed by atoms with Crippen LogP contribution in [0.25, 0.3) is 0 Å². The van der Waals surface area contributed by atoms with Gasteiger partial charge in [0.1, 0.15) is 5.00 Å². The molecule has 0 saturated heterocycles. The third kappa shape index (κ3) is 4.13. The van der Waals surface area contributed by atoms with Crippen molar-refractivity contribution in [1.29, 1.82) is 0 Å². The zero-order valence-corrected chi connectivity index (χ0v) is 12.9. The molecular weight excluding hydrogens is 286 g/mol. The number of thiophene rings is 1. The van der Waals surface area contributed by atoms with E-state index in [-0.39, 0.29) is 5.91 Å². The number of carbonyl (C=O) groups is 2. The monoisotopic (exact) mass is 304 g/mol. The van der Waals surface area contributed by atoms with Gasteiger partial charge in [0.25, 0.3) is 5.91 Å². The molecule has 0 aliphatic heterocycles. The van der Waals surface area contributed by atoms with E-state index < -0.39 is 5.91 Å². The Kier molecular flexibility index (Phi) is 4.70. The maximum atomic E-state index is 12.0. The number of hydrogen-bond acceptors (Lipinski definition) is 3. The Morgan fingerprint density at radius 2 is 1.95 bits per heavy atom. The van der Waals surface area contributed by atoms with Gasteiger partial charge in [0.2, 0.25) is 5.91 Å². The number of amides is 2. The molecule has 0 aliphatic carbocycles. The molecule has 6 heteroatoms. The van der Waals surface area contributed by atoms with Crippen molar-refractivity contribution in [2.75, 3.05) is 5.32 Å². The van der Waals surface area contributed by atoms with E-state index in [1.807, 2.05) is 42.9 Å². The third-order valence-electron chi connectivity index (χ3n) is 3.03. The van der Waals surface area contributed by atoms with E-state index in [0.29, 0.717) is 23.5 Å². The van der Waals surface area contributed by atoms with E-state index in [0.717, 1.165) is 4.88 Å². The van der Waals surface area contributed by atoms with Crippen LogP contribution in [0.4, 0.5) is 5.00 Å². The molecule has 2 rings (SSSR count). The molecule has 0 unspecified atom stereocenters. The second-order valence-electron chi connectivity index (χ2n) is 4.88. The molecule has 110 valence electrons. The zero-order chi connectivity index (χ0) is 15.4. The molecule has 2 aromatic heterocycles. The molecule has 0 fully saturated rings. The normalized spacial score (nSPS) is 10.4. The van der Waals surface area contributed by atoms with E-state index in [2.05, 4.69) is 5.32 Å². The van der Waals surface area contributed by atoms with Gasteiger partial charge in [-0.25, -0.2) is 4.57 Å². The molecule has 0 aliphatic rings. The number of rotatable bonds is 5. The quantitative estimate of drug-likeness (QED) is 0.826. The highest BCUT2D eigenvalue weighted by molar-refractivity contribution is 7.16. The number of carbonyl (C=O) groups excluding carboxylic acids is 2. The number of nitrogens with zero attached hydrogens (tertiary/aromatic N) is 1. The van der Waals surface area contributed by atoms with Crippen molar-refractivity contribution in [3.63, 3.8) is 0 Å². The summed E-state index contributed by atoms with van der Waals surface area (Å²) >= 11 is 1.36. The van der Waals surface area contributed by atoms with Gasteiger partial charge in [-0.3, -0.25) is 9.59 Å². The van der Waals surface area contributed by atoms with Gasteiger partial charge in [-0.15, -0.1) is 11.3 Å². The lowest BCUT2D eigenvalue weighted by molar-refractivity contribution is -0.695. The first-order valence-electron chi connectivity index (χ1n) is 6.61. The molecule has 3 N–H and O–H groups in total. The summed E-state index contributed by atoms with van der Waals surface area (Å²) in [6.07, 6.45) is 4.21. The lowest BCUT2D eigenvalue weighted by atomic mass is 10.2. The summed E-state index contributed by atoms with van der Waals surface area (Å²) in [6.45, 7) is 4.47. The summed E-state index contributed by atoms with van der Waals surface area (Å²) in [5, 5.41) is 3.29. The Balaban J connectivity index is 1.96. The van der Waals surface area contributed by atoms with Gasteiger partial charge >= 0.3 is 0 Å². The number of nitrogens with two attached hydrogens (primary N) is 1. The highest BCUT2D eigenvalue weighted by Gasteiger charge is 2.15. The highest BCUT2D eigenvalue weighted by Crippen LogP contribution is 2.27. The fourth-order valence-corrected chi connectivity index (χ4v) is 2.82. The minimum Gasteiger partial charge on any atom is -0.366 e. The molecule has 0 atom stereocenters. The number of aromatic nitrogens is 1. The largest absolute Gasteiger partial charge is 0.366 e. The second kappa shape index (κ2) is 6.49. The number of hydrogen-bond donors (Lipinski definition) is 2. The average Bonchev–Trinajstić information content (AvgIpc) is 2.79. The number of pyridine rings is 1. The Bertz CT molecular complexity index is 662.